The van der Waals surface area contributed by atoms with Crippen LogP contribution in [0.4, 0.5) is 10.6 Å². The molecule has 27 heavy (non-hydrogen) atoms. The van der Waals surface area contributed by atoms with Crippen LogP contribution in [-0.2, 0) is 17.6 Å². The van der Waals surface area contributed by atoms with Gasteiger partial charge < -0.3 is 19.9 Å². The second-order valence-electron chi connectivity index (χ2n) is 8.52. The minimum absolute atomic E-state index is 0.0743. The summed E-state index contributed by atoms with van der Waals surface area (Å²) in [5.41, 5.74) is 2.62. The van der Waals surface area contributed by atoms with Crippen molar-refractivity contribution in [3.05, 3.63) is 17.1 Å². The number of aryl methyl sites for hydroxylation is 2. The third-order valence-electron chi connectivity index (χ3n) is 6.60. The van der Waals surface area contributed by atoms with E-state index in [9.17, 15) is 4.79 Å². The minimum Gasteiger partial charge on any atom is -0.376 e. The number of urea groups is 1. The van der Waals surface area contributed by atoms with Crippen LogP contribution in [-0.4, -0.2) is 66.3 Å². The Morgan fingerprint density at radius 2 is 1.96 bits per heavy atom. The predicted molar refractivity (Wildman–Crippen MR) is 102 cm³/mol. The Hall–Kier alpha value is -1.89. The van der Waals surface area contributed by atoms with Gasteiger partial charge in [0.25, 0.3) is 0 Å². The maximum absolute atomic E-state index is 12.5. The van der Waals surface area contributed by atoms with Gasteiger partial charge in [-0.2, -0.15) is 0 Å². The summed E-state index contributed by atoms with van der Waals surface area (Å²) in [5.74, 6) is 3.15. The van der Waals surface area contributed by atoms with Crippen molar-refractivity contribution in [1.82, 2.24) is 20.2 Å². The lowest BCUT2D eigenvalue weighted by Gasteiger charge is -2.24. The Kier molecular flexibility index (Phi) is 4.42. The van der Waals surface area contributed by atoms with Crippen LogP contribution in [0.2, 0.25) is 0 Å². The number of aromatic nitrogens is 2. The van der Waals surface area contributed by atoms with Crippen molar-refractivity contribution < 1.29 is 9.53 Å². The van der Waals surface area contributed by atoms with Gasteiger partial charge in [0, 0.05) is 62.4 Å². The number of nitrogens with zero attached hydrogens (tertiary/aromatic N) is 4. The standard InChI is InChI=1S/C20H29N5O2/c1-13-22-18-6-2-5-17(18)19(23-13)24-9-14-11-25(12-15(14)10-24)20(26)21-8-16-4-3-7-27-16/h14-16H,2-12H2,1H3,(H,21,26). The maximum Gasteiger partial charge on any atom is 0.317 e. The fourth-order valence-electron chi connectivity index (χ4n) is 5.24. The molecule has 4 aliphatic rings. The molecule has 2 amide bonds. The first-order valence-corrected chi connectivity index (χ1v) is 10.4. The number of anilines is 1. The van der Waals surface area contributed by atoms with Crippen molar-refractivity contribution in [2.75, 3.05) is 44.2 Å². The molecule has 0 radical (unpaired) electrons. The van der Waals surface area contributed by atoms with E-state index in [1.165, 1.54) is 23.5 Å². The Morgan fingerprint density at radius 1 is 1.15 bits per heavy atom. The molecule has 3 unspecified atom stereocenters. The van der Waals surface area contributed by atoms with Gasteiger partial charge in [-0.1, -0.05) is 0 Å². The highest BCUT2D eigenvalue weighted by Crippen LogP contribution is 2.37. The quantitative estimate of drug-likeness (QED) is 0.873. The molecule has 1 aromatic rings. The largest absolute Gasteiger partial charge is 0.376 e. The molecule has 7 nitrogen and oxygen atoms in total. The molecule has 0 saturated carbocycles. The van der Waals surface area contributed by atoms with Crippen molar-refractivity contribution in [3.63, 3.8) is 0 Å². The average Bonchev–Trinajstić information content (AvgIpc) is 3.40. The number of hydrogen-bond acceptors (Lipinski definition) is 5. The number of carbonyl (C=O) groups is 1. The average molecular weight is 371 g/mol. The summed E-state index contributed by atoms with van der Waals surface area (Å²) in [6, 6.07) is 0.0743. The highest BCUT2D eigenvalue weighted by atomic mass is 16.5. The highest BCUT2D eigenvalue weighted by molar-refractivity contribution is 5.74. The van der Waals surface area contributed by atoms with Gasteiger partial charge in [-0.05, 0) is 39.0 Å². The van der Waals surface area contributed by atoms with E-state index < -0.39 is 0 Å². The molecule has 3 saturated heterocycles. The van der Waals surface area contributed by atoms with Crippen LogP contribution in [0.3, 0.4) is 0 Å². The fourth-order valence-corrected chi connectivity index (χ4v) is 5.24. The molecule has 1 aliphatic carbocycles. The van der Waals surface area contributed by atoms with Crippen LogP contribution in [0.15, 0.2) is 0 Å². The van der Waals surface area contributed by atoms with Gasteiger partial charge >= 0.3 is 6.03 Å². The number of hydrogen-bond donors (Lipinski definition) is 1. The van der Waals surface area contributed by atoms with Crippen LogP contribution in [0, 0.1) is 18.8 Å². The maximum atomic E-state index is 12.5. The molecule has 1 aromatic heterocycles. The van der Waals surface area contributed by atoms with E-state index in [-0.39, 0.29) is 12.1 Å². The van der Waals surface area contributed by atoms with E-state index in [0.717, 1.165) is 64.3 Å². The monoisotopic (exact) mass is 371 g/mol. The molecule has 0 spiro atoms. The molecule has 146 valence electrons. The van der Waals surface area contributed by atoms with Gasteiger partial charge in [0.2, 0.25) is 0 Å². The van der Waals surface area contributed by atoms with Crippen molar-refractivity contribution in [2.24, 2.45) is 11.8 Å². The van der Waals surface area contributed by atoms with Crippen LogP contribution in [0.1, 0.15) is 36.3 Å². The third-order valence-corrected chi connectivity index (χ3v) is 6.60. The lowest BCUT2D eigenvalue weighted by Crippen LogP contribution is -2.43. The van der Waals surface area contributed by atoms with Gasteiger partial charge in [-0.3, -0.25) is 0 Å². The van der Waals surface area contributed by atoms with E-state index in [1.54, 1.807) is 0 Å². The van der Waals surface area contributed by atoms with Gasteiger partial charge in [0.15, 0.2) is 0 Å². The van der Waals surface area contributed by atoms with Gasteiger partial charge in [-0.15, -0.1) is 0 Å². The van der Waals surface area contributed by atoms with Crippen molar-refractivity contribution in [1.29, 1.82) is 0 Å². The fraction of sp³-hybridized carbons (Fsp3) is 0.750. The third kappa shape index (κ3) is 3.26. The first-order chi connectivity index (χ1) is 13.2. The van der Waals surface area contributed by atoms with Crippen LogP contribution < -0.4 is 10.2 Å². The number of likely N-dealkylation sites (tertiary alicyclic amines) is 1. The summed E-state index contributed by atoms with van der Waals surface area (Å²) in [6.45, 7) is 7.18. The van der Waals surface area contributed by atoms with E-state index in [4.69, 9.17) is 9.72 Å². The molecule has 7 heteroatoms. The number of ether oxygens (including phenoxy) is 1. The second kappa shape index (κ2) is 6.93. The molecule has 5 rings (SSSR count). The van der Waals surface area contributed by atoms with Crippen LogP contribution in [0.25, 0.3) is 0 Å². The Bertz CT molecular complexity index is 719. The molecule has 1 N–H and O–H groups in total. The lowest BCUT2D eigenvalue weighted by atomic mass is 10.0. The lowest BCUT2D eigenvalue weighted by molar-refractivity contribution is 0.109. The zero-order valence-corrected chi connectivity index (χ0v) is 16.1. The second-order valence-corrected chi connectivity index (χ2v) is 8.52. The van der Waals surface area contributed by atoms with Crippen LogP contribution in [0.5, 0.6) is 0 Å². The molecule has 3 atom stereocenters. The Labute approximate surface area is 160 Å². The topological polar surface area (TPSA) is 70.6 Å². The number of rotatable bonds is 3. The summed E-state index contributed by atoms with van der Waals surface area (Å²) in [6.07, 6.45) is 5.76. The van der Waals surface area contributed by atoms with Crippen molar-refractivity contribution >= 4 is 11.8 Å². The van der Waals surface area contributed by atoms with Gasteiger partial charge in [0.05, 0.1) is 6.10 Å². The summed E-state index contributed by atoms with van der Waals surface area (Å²) in [4.78, 5) is 26.4. The van der Waals surface area contributed by atoms with Crippen molar-refractivity contribution in [2.45, 2.75) is 45.1 Å². The van der Waals surface area contributed by atoms with E-state index in [2.05, 4.69) is 15.2 Å². The van der Waals surface area contributed by atoms with Crippen molar-refractivity contribution in [3.8, 4) is 0 Å². The first-order valence-electron chi connectivity index (χ1n) is 10.4. The summed E-state index contributed by atoms with van der Waals surface area (Å²) in [7, 11) is 0. The summed E-state index contributed by atoms with van der Waals surface area (Å²) in [5, 5.41) is 3.07. The Balaban J connectivity index is 1.19. The molecule has 4 heterocycles. The molecular formula is C20H29N5O2. The molecule has 0 aromatic carbocycles. The Morgan fingerprint density at radius 3 is 2.70 bits per heavy atom. The predicted octanol–water partition coefficient (Wildman–Crippen LogP) is 1.53. The summed E-state index contributed by atoms with van der Waals surface area (Å²) >= 11 is 0. The van der Waals surface area contributed by atoms with Gasteiger partial charge in [-0.25, -0.2) is 14.8 Å². The number of amides is 2. The number of nitrogens with one attached hydrogen (secondary N) is 1. The molecule has 0 bridgehead atoms. The molecular weight excluding hydrogens is 342 g/mol. The van der Waals surface area contributed by atoms with E-state index >= 15 is 0 Å². The van der Waals surface area contributed by atoms with E-state index in [1.807, 2.05) is 11.8 Å². The number of fused-ring (bicyclic) bond motifs is 2. The smallest absolute Gasteiger partial charge is 0.317 e. The van der Waals surface area contributed by atoms with Crippen LogP contribution >= 0.6 is 0 Å². The minimum atomic E-state index is 0.0743. The number of carbonyl (C=O) groups excluding carboxylic acids is 1. The zero-order chi connectivity index (χ0) is 18.4. The summed E-state index contributed by atoms with van der Waals surface area (Å²) < 4.78 is 5.60. The molecule has 3 fully saturated rings. The molecule has 3 aliphatic heterocycles. The van der Waals surface area contributed by atoms with Gasteiger partial charge in [0.1, 0.15) is 11.6 Å². The normalized spacial score (nSPS) is 29.3. The zero-order valence-electron chi connectivity index (χ0n) is 16.1. The highest BCUT2D eigenvalue weighted by Gasteiger charge is 2.43. The SMILES string of the molecule is Cc1nc2c(c(N3CC4CN(C(=O)NCC5CCCO5)CC4C3)n1)CCC2. The van der Waals surface area contributed by atoms with E-state index in [0.29, 0.717) is 18.4 Å². The first kappa shape index (κ1) is 17.2.